The molecule has 0 fully saturated rings. The molecule has 2 rings (SSSR count). The summed E-state index contributed by atoms with van der Waals surface area (Å²) >= 11 is 0. The van der Waals surface area contributed by atoms with Gasteiger partial charge in [0.1, 0.15) is 5.76 Å². The minimum Gasteiger partial charge on any atom is -0.497 e. The van der Waals surface area contributed by atoms with Crippen molar-refractivity contribution in [3.05, 3.63) is 23.5 Å². The van der Waals surface area contributed by atoms with Gasteiger partial charge in [-0.15, -0.1) is 0 Å². The van der Waals surface area contributed by atoms with Gasteiger partial charge >= 0.3 is 5.97 Å². The topological polar surface area (TPSA) is 35.5 Å². The molecule has 0 bridgehead atoms. The van der Waals surface area contributed by atoms with Gasteiger partial charge in [0.2, 0.25) is 0 Å². The van der Waals surface area contributed by atoms with Gasteiger partial charge in [-0.3, -0.25) is 0 Å². The van der Waals surface area contributed by atoms with Crippen molar-refractivity contribution in [3.8, 4) is 0 Å². The fourth-order valence-corrected chi connectivity index (χ4v) is 3.62. The Kier molecular flexibility index (Phi) is 3.50. The highest BCUT2D eigenvalue weighted by atomic mass is 16.6. The predicted molar refractivity (Wildman–Crippen MR) is 74.5 cm³/mol. The zero-order chi connectivity index (χ0) is 14.3. The number of esters is 1. The number of hydrogen-bond donors (Lipinski definition) is 0. The first kappa shape index (κ1) is 14.2. The van der Waals surface area contributed by atoms with Crippen molar-refractivity contribution in [2.75, 3.05) is 7.11 Å². The van der Waals surface area contributed by atoms with Gasteiger partial charge < -0.3 is 9.47 Å². The first-order valence-corrected chi connectivity index (χ1v) is 7.07. The lowest BCUT2D eigenvalue weighted by molar-refractivity contribution is -0.162. The molecule has 0 unspecified atom stereocenters. The highest BCUT2D eigenvalue weighted by Crippen LogP contribution is 2.55. The molecule has 0 saturated carbocycles. The largest absolute Gasteiger partial charge is 0.497 e. The Bertz CT molecular complexity index is 449. The molecule has 1 aliphatic carbocycles. The maximum absolute atomic E-state index is 11.8. The molecular weight excluding hydrogens is 240 g/mol. The monoisotopic (exact) mass is 264 g/mol. The highest BCUT2D eigenvalue weighted by molar-refractivity contribution is 5.86. The van der Waals surface area contributed by atoms with E-state index in [1.54, 1.807) is 7.11 Å². The maximum Gasteiger partial charge on any atom is 0.335 e. The fourth-order valence-electron chi connectivity index (χ4n) is 3.62. The van der Waals surface area contributed by atoms with Crippen LogP contribution in [0.1, 0.15) is 47.0 Å². The molecule has 0 aromatic carbocycles. The Hall–Kier alpha value is -1.25. The Morgan fingerprint density at radius 2 is 2.21 bits per heavy atom. The third-order valence-corrected chi connectivity index (χ3v) is 4.75. The first-order chi connectivity index (χ1) is 8.88. The van der Waals surface area contributed by atoms with Crippen molar-refractivity contribution in [2.24, 2.45) is 11.3 Å². The summed E-state index contributed by atoms with van der Waals surface area (Å²) in [4.78, 5) is 11.8. The van der Waals surface area contributed by atoms with Crippen LogP contribution >= 0.6 is 0 Å². The molecule has 0 amide bonds. The summed E-state index contributed by atoms with van der Waals surface area (Å²) in [5, 5.41) is 0. The van der Waals surface area contributed by atoms with Crippen LogP contribution in [0.25, 0.3) is 0 Å². The molecule has 2 aliphatic rings. The van der Waals surface area contributed by atoms with Crippen LogP contribution < -0.4 is 0 Å². The van der Waals surface area contributed by atoms with E-state index in [9.17, 15) is 4.79 Å². The van der Waals surface area contributed by atoms with E-state index in [4.69, 9.17) is 9.47 Å². The van der Waals surface area contributed by atoms with Crippen LogP contribution in [0.2, 0.25) is 0 Å². The van der Waals surface area contributed by atoms with Gasteiger partial charge in [0.15, 0.2) is 5.60 Å². The van der Waals surface area contributed by atoms with Gasteiger partial charge in [-0.05, 0) is 19.3 Å². The minimum absolute atomic E-state index is 0.188. The number of carbonyl (C=O) groups is 1. The van der Waals surface area contributed by atoms with E-state index >= 15 is 0 Å². The molecule has 3 atom stereocenters. The van der Waals surface area contributed by atoms with Crippen LogP contribution in [0, 0.1) is 11.3 Å². The SMILES string of the molecule is CCC[C@]1(C)C=C(C)[C@H](C)C[C@]12OC(=O)C=C2OC. The molecule has 3 heteroatoms. The molecule has 3 nitrogen and oxygen atoms in total. The van der Waals surface area contributed by atoms with Gasteiger partial charge in [0.25, 0.3) is 0 Å². The molecule has 19 heavy (non-hydrogen) atoms. The van der Waals surface area contributed by atoms with E-state index in [0.717, 1.165) is 19.3 Å². The van der Waals surface area contributed by atoms with Crippen molar-refractivity contribution in [2.45, 2.75) is 52.6 Å². The third kappa shape index (κ3) is 1.99. The lowest BCUT2D eigenvalue weighted by Crippen LogP contribution is -2.51. The summed E-state index contributed by atoms with van der Waals surface area (Å²) in [5.74, 6) is 0.803. The van der Waals surface area contributed by atoms with Crippen molar-refractivity contribution in [1.29, 1.82) is 0 Å². The van der Waals surface area contributed by atoms with Crippen LogP contribution in [0.5, 0.6) is 0 Å². The van der Waals surface area contributed by atoms with Crippen molar-refractivity contribution in [3.63, 3.8) is 0 Å². The summed E-state index contributed by atoms with van der Waals surface area (Å²) < 4.78 is 11.3. The lowest BCUT2D eigenvalue weighted by atomic mass is 9.61. The average molecular weight is 264 g/mol. The second kappa shape index (κ2) is 4.69. The van der Waals surface area contributed by atoms with Gasteiger partial charge in [-0.2, -0.15) is 0 Å². The quantitative estimate of drug-likeness (QED) is 0.577. The number of methoxy groups -OCH3 is 1. The molecule has 1 spiro atoms. The summed E-state index contributed by atoms with van der Waals surface area (Å²) in [5.41, 5.74) is 0.570. The van der Waals surface area contributed by atoms with E-state index in [1.165, 1.54) is 11.6 Å². The second-order valence-electron chi connectivity index (χ2n) is 6.12. The molecule has 1 heterocycles. The van der Waals surface area contributed by atoms with Crippen LogP contribution in [-0.4, -0.2) is 18.7 Å². The van der Waals surface area contributed by atoms with Crippen molar-refractivity contribution < 1.29 is 14.3 Å². The molecule has 1 aliphatic heterocycles. The van der Waals surface area contributed by atoms with E-state index in [1.807, 2.05) is 0 Å². The Labute approximate surface area is 115 Å². The summed E-state index contributed by atoms with van der Waals surface area (Å²) in [7, 11) is 1.62. The fraction of sp³-hybridized carbons (Fsp3) is 0.688. The average Bonchev–Trinajstić information content (AvgIpc) is 2.65. The lowest BCUT2D eigenvalue weighted by Gasteiger charge is -2.49. The van der Waals surface area contributed by atoms with E-state index in [-0.39, 0.29) is 11.4 Å². The smallest absolute Gasteiger partial charge is 0.335 e. The van der Waals surface area contributed by atoms with Crippen molar-refractivity contribution in [1.82, 2.24) is 0 Å². The van der Waals surface area contributed by atoms with Gasteiger partial charge in [-0.25, -0.2) is 4.79 Å². The standard InChI is InChI=1S/C16H24O3/c1-6-7-15(4)9-11(2)12(3)10-16(15)13(18-5)8-14(17)19-16/h8-9,12H,6-7,10H2,1-5H3/t12-,15-,16-/m1/s1. The minimum atomic E-state index is -0.617. The third-order valence-electron chi connectivity index (χ3n) is 4.75. The van der Waals surface area contributed by atoms with E-state index in [2.05, 4.69) is 33.8 Å². The van der Waals surface area contributed by atoms with Crippen LogP contribution in [-0.2, 0) is 14.3 Å². The van der Waals surface area contributed by atoms with Gasteiger partial charge in [-0.1, -0.05) is 38.8 Å². The summed E-state index contributed by atoms with van der Waals surface area (Å²) in [6, 6.07) is 0. The Balaban J connectivity index is 2.54. The predicted octanol–water partition coefficient (Wildman–Crippen LogP) is 3.60. The van der Waals surface area contributed by atoms with Crippen LogP contribution in [0.4, 0.5) is 0 Å². The molecular formula is C16H24O3. The highest BCUT2D eigenvalue weighted by Gasteiger charge is 2.58. The van der Waals surface area contributed by atoms with Gasteiger partial charge in [0.05, 0.1) is 13.2 Å². The number of carbonyl (C=O) groups excluding carboxylic acids is 1. The summed E-state index contributed by atoms with van der Waals surface area (Å²) in [6.07, 6.45) is 6.62. The van der Waals surface area contributed by atoms with Crippen LogP contribution in [0.3, 0.4) is 0 Å². The Morgan fingerprint density at radius 3 is 2.79 bits per heavy atom. The Morgan fingerprint density at radius 1 is 1.53 bits per heavy atom. The van der Waals surface area contributed by atoms with Crippen LogP contribution in [0.15, 0.2) is 23.5 Å². The van der Waals surface area contributed by atoms with E-state index in [0.29, 0.717) is 11.7 Å². The molecule has 0 aromatic rings. The molecule has 106 valence electrons. The zero-order valence-electron chi connectivity index (χ0n) is 12.6. The summed E-state index contributed by atoms with van der Waals surface area (Å²) in [6.45, 7) is 8.68. The van der Waals surface area contributed by atoms with Crippen molar-refractivity contribution >= 4 is 5.97 Å². The van der Waals surface area contributed by atoms with E-state index < -0.39 is 5.60 Å². The number of allylic oxidation sites excluding steroid dienone is 1. The first-order valence-electron chi connectivity index (χ1n) is 7.07. The maximum atomic E-state index is 11.8. The number of rotatable bonds is 3. The molecule has 0 aromatic heterocycles. The molecule has 0 saturated heterocycles. The molecule has 0 radical (unpaired) electrons. The normalized spacial score (nSPS) is 37.9. The number of ether oxygens (including phenoxy) is 2. The zero-order valence-corrected chi connectivity index (χ0v) is 12.6. The second-order valence-corrected chi connectivity index (χ2v) is 6.12. The van der Waals surface area contributed by atoms with Gasteiger partial charge in [0, 0.05) is 11.8 Å². The molecule has 0 N–H and O–H groups in total. The number of hydrogen-bond acceptors (Lipinski definition) is 3.